The Morgan fingerprint density at radius 3 is 2.14 bits per heavy atom. The van der Waals surface area contributed by atoms with Gasteiger partial charge in [0.2, 0.25) is 0 Å². The van der Waals surface area contributed by atoms with Gasteiger partial charge in [-0.05, 0) is 50.6 Å². The lowest BCUT2D eigenvalue weighted by molar-refractivity contribution is -0.00159. The highest BCUT2D eigenvalue weighted by Crippen LogP contribution is 2.21. The van der Waals surface area contributed by atoms with E-state index >= 15 is 0 Å². The molecule has 0 heterocycles. The molecule has 10 heteroatoms. The molecule has 148 valence electrons. The molecule has 28 heavy (non-hydrogen) atoms. The van der Waals surface area contributed by atoms with Crippen molar-refractivity contribution in [2.75, 3.05) is 5.75 Å². The van der Waals surface area contributed by atoms with Crippen LogP contribution in [0.4, 0.5) is 0 Å². The van der Waals surface area contributed by atoms with Crippen LogP contribution in [0.5, 0.6) is 5.75 Å². The molecule has 0 aromatic heterocycles. The van der Waals surface area contributed by atoms with E-state index in [-0.39, 0.29) is 22.0 Å². The lowest BCUT2D eigenvalue weighted by atomic mass is 10.0. The normalized spacial score (nSPS) is 11.5. The van der Waals surface area contributed by atoms with Crippen molar-refractivity contribution in [1.82, 2.24) is 0 Å². The Hall–Kier alpha value is -2.81. The van der Waals surface area contributed by atoms with Crippen LogP contribution in [0.1, 0.15) is 28.4 Å². The molecular formula is C18H18N2O6S2. The van der Waals surface area contributed by atoms with Crippen molar-refractivity contribution in [3.63, 3.8) is 0 Å². The zero-order valence-electron chi connectivity index (χ0n) is 15.4. The number of hydrogen-bond acceptors (Lipinski definition) is 6. The number of ketones is 1. The summed E-state index contributed by atoms with van der Waals surface area (Å²) in [5.74, 6) is -1.28. The summed E-state index contributed by atoms with van der Waals surface area (Å²) in [5.41, 5.74) is 10.7. The zero-order valence-corrected chi connectivity index (χ0v) is 17.0. The number of aryl methyl sites for hydroxylation is 2. The molecule has 0 aliphatic heterocycles. The highest BCUT2D eigenvalue weighted by molar-refractivity contribution is 8.08. The fraction of sp³-hybridized carbons (Fsp3) is 0.222. The number of nitrogens with zero attached hydrogens (tertiary/aromatic N) is 2. The first-order chi connectivity index (χ1) is 13.0. The maximum absolute atomic E-state index is 12.7. The molecule has 2 rings (SSSR count). The number of carbonyl (C=O) groups excluding carboxylic acids is 1. The molecule has 2 aromatic carbocycles. The van der Waals surface area contributed by atoms with E-state index in [1.165, 1.54) is 13.0 Å². The second-order valence-electron chi connectivity index (χ2n) is 5.96. The van der Waals surface area contributed by atoms with Crippen LogP contribution in [0.2, 0.25) is 0 Å². The predicted molar refractivity (Wildman–Crippen MR) is 103 cm³/mol. The lowest BCUT2D eigenvalue weighted by Gasteiger charge is -2.06. The van der Waals surface area contributed by atoms with Gasteiger partial charge in [0.25, 0.3) is 15.6 Å². The maximum atomic E-state index is 12.7. The van der Waals surface area contributed by atoms with Crippen molar-refractivity contribution in [3.8, 4) is 5.75 Å². The fourth-order valence-corrected chi connectivity index (χ4v) is 4.10. The molecule has 0 amide bonds. The van der Waals surface area contributed by atoms with Crippen molar-refractivity contribution < 1.29 is 30.6 Å². The van der Waals surface area contributed by atoms with Crippen LogP contribution in [0.15, 0.2) is 47.4 Å². The Bertz CT molecular complexity index is 1180. The smallest absolute Gasteiger partial charge is 0.382 e. The Kier molecular flexibility index (Phi) is 6.18. The SMILES string of the molecule is CCS(=O)(=O)Oc1ccc(S(=O)(=O)C(=[N+]=[N-])C(=O)c2ccc(C)cc2C)cc1. The van der Waals surface area contributed by atoms with Gasteiger partial charge in [-0.25, -0.2) is 8.42 Å². The largest absolute Gasteiger partial charge is 0.456 e. The molecule has 0 aliphatic rings. The second-order valence-corrected chi connectivity index (χ2v) is 9.68. The number of hydrogen-bond donors (Lipinski definition) is 0. The van der Waals surface area contributed by atoms with Crippen LogP contribution in [-0.2, 0) is 20.0 Å². The monoisotopic (exact) mass is 422 g/mol. The Morgan fingerprint density at radius 2 is 1.64 bits per heavy atom. The van der Waals surface area contributed by atoms with Gasteiger partial charge in [0.05, 0.1) is 10.6 Å². The van der Waals surface area contributed by atoms with E-state index in [0.29, 0.717) is 5.56 Å². The van der Waals surface area contributed by atoms with E-state index in [1.54, 1.807) is 19.1 Å². The average Bonchev–Trinajstić information content (AvgIpc) is 2.62. The first kappa shape index (κ1) is 21.5. The first-order valence-electron chi connectivity index (χ1n) is 8.13. The van der Waals surface area contributed by atoms with Crippen LogP contribution in [0.3, 0.4) is 0 Å². The molecule has 0 bridgehead atoms. The third-order valence-electron chi connectivity index (χ3n) is 3.88. The first-order valence-corrected chi connectivity index (χ1v) is 11.2. The Balaban J connectivity index is 2.41. The van der Waals surface area contributed by atoms with Gasteiger partial charge >= 0.3 is 15.2 Å². The van der Waals surface area contributed by atoms with E-state index in [0.717, 1.165) is 29.8 Å². The van der Waals surface area contributed by atoms with E-state index in [2.05, 4.69) is 4.79 Å². The molecular weight excluding hydrogens is 404 g/mol. The number of carbonyl (C=O) groups is 1. The quantitative estimate of drug-likeness (QED) is 0.175. The molecule has 0 saturated carbocycles. The van der Waals surface area contributed by atoms with E-state index in [9.17, 15) is 27.2 Å². The van der Waals surface area contributed by atoms with Gasteiger partial charge in [0.15, 0.2) is 0 Å². The maximum Gasteiger partial charge on any atom is 0.456 e. The van der Waals surface area contributed by atoms with Gasteiger partial charge < -0.3 is 9.71 Å². The van der Waals surface area contributed by atoms with E-state index in [1.807, 2.05) is 6.92 Å². The molecule has 0 aliphatic carbocycles. The number of rotatable bonds is 6. The van der Waals surface area contributed by atoms with Gasteiger partial charge in [0, 0.05) is 5.56 Å². The van der Waals surface area contributed by atoms with Crippen molar-refractivity contribution in [2.45, 2.75) is 25.7 Å². The molecule has 0 saturated heterocycles. The molecule has 0 radical (unpaired) electrons. The molecule has 0 N–H and O–H groups in total. The second kappa shape index (κ2) is 8.05. The summed E-state index contributed by atoms with van der Waals surface area (Å²) in [6.07, 6.45) is 0. The molecule has 0 unspecified atom stereocenters. The van der Waals surface area contributed by atoms with E-state index in [4.69, 9.17) is 4.18 Å². The van der Waals surface area contributed by atoms with Crippen molar-refractivity contribution >= 4 is 30.8 Å². The summed E-state index contributed by atoms with van der Waals surface area (Å²) in [7, 11) is -8.21. The number of Topliss-reactive ketones (excluding diaryl/α,β-unsaturated/α-hetero) is 1. The Labute approximate surface area is 163 Å². The average molecular weight is 422 g/mol. The van der Waals surface area contributed by atoms with Gasteiger partial charge in [0.1, 0.15) is 5.75 Å². The number of benzene rings is 2. The lowest BCUT2D eigenvalue weighted by Crippen LogP contribution is -2.26. The third kappa shape index (κ3) is 4.53. The third-order valence-corrected chi connectivity index (χ3v) is 6.70. The molecule has 8 nitrogen and oxygen atoms in total. The van der Waals surface area contributed by atoms with Crippen LogP contribution < -0.4 is 4.18 Å². The van der Waals surface area contributed by atoms with Gasteiger partial charge in [-0.3, -0.25) is 4.79 Å². The summed E-state index contributed by atoms with van der Waals surface area (Å²) < 4.78 is 53.2. The summed E-state index contributed by atoms with van der Waals surface area (Å²) in [4.78, 5) is 15.0. The highest BCUT2D eigenvalue weighted by Gasteiger charge is 2.38. The molecule has 0 spiro atoms. The van der Waals surface area contributed by atoms with Crippen molar-refractivity contribution in [3.05, 3.63) is 64.7 Å². The van der Waals surface area contributed by atoms with Crippen LogP contribution in [0, 0.1) is 13.8 Å². The number of sulfone groups is 1. The van der Waals surface area contributed by atoms with Crippen molar-refractivity contribution in [1.29, 1.82) is 0 Å². The zero-order chi connectivity index (χ0) is 21.1. The van der Waals surface area contributed by atoms with Crippen LogP contribution in [0.25, 0.3) is 5.53 Å². The molecule has 2 aromatic rings. The molecule has 0 atom stereocenters. The summed E-state index contributed by atoms with van der Waals surface area (Å²) in [6, 6.07) is 9.21. The van der Waals surface area contributed by atoms with Gasteiger partial charge in [-0.1, -0.05) is 23.8 Å². The summed E-state index contributed by atoms with van der Waals surface area (Å²) in [6.45, 7) is 4.86. The van der Waals surface area contributed by atoms with Crippen molar-refractivity contribution in [2.24, 2.45) is 0 Å². The highest BCUT2D eigenvalue weighted by atomic mass is 32.2. The minimum Gasteiger partial charge on any atom is -0.382 e. The topological polar surface area (TPSA) is 131 Å². The summed E-state index contributed by atoms with van der Waals surface area (Å²) in [5, 5.41) is -1.03. The van der Waals surface area contributed by atoms with Crippen LogP contribution >= 0.6 is 0 Å². The minimum absolute atomic E-state index is 0.0796. The van der Waals surface area contributed by atoms with Crippen LogP contribution in [-0.4, -0.2) is 38.2 Å². The fourth-order valence-electron chi connectivity index (χ4n) is 2.40. The molecule has 0 fully saturated rings. The van der Waals surface area contributed by atoms with Gasteiger partial charge in [-0.2, -0.15) is 8.42 Å². The van der Waals surface area contributed by atoms with E-state index < -0.39 is 30.8 Å². The van der Waals surface area contributed by atoms with Gasteiger partial charge in [-0.15, -0.1) is 4.79 Å². The predicted octanol–water partition coefficient (Wildman–Crippen LogP) is 2.32. The summed E-state index contributed by atoms with van der Waals surface area (Å²) >= 11 is 0. The minimum atomic E-state index is -4.45. The standard InChI is InChI=1S/C18H18N2O6S2/c1-4-27(22,23)26-14-6-8-15(9-7-14)28(24,25)18(20-19)17(21)16-10-5-12(2)11-13(16)3/h5-11H,4H2,1-3H3. The Morgan fingerprint density at radius 1 is 1.04 bits per heavy atom.